The van der Waals surface area contributed by atoms with Gasteiger partial charge in [0, 0.05) is 17.5 Å². The number of ether oxygens (including phenoxy) is 1. The summed E-state index contributed by atoms with van der Waals surface area (Å²) in [7, 11) is 1.61. The van der Waals surface area contributed by atoms with Crippen molar-refractivity contribution in [1.82, 2.24) is 0 Å². The van der Waals surface area contributed by atoms with Crippen molar-refractivity contribution in [3.8, 4) is 5.75 Å². The number of amides is 1. The van der Waals surface area contributed by atoms with E-state index in [4.69, 9.17) is 9.57 Å². The van der Waals surface area contributed by atoms with Crippen LogP contribution in [0.3, 0.4) is 0 Å². The van der Waals surface area contributed by atoms with Crippen LogP contribution < -0.4 is 10.1 Å². The van der Waals surface area contributed by atoms with Crippen molar-refractivity contribution < 1.29 is 19.2 Å². The molecule has 4 rings (SSSR count). The number of anilines is 1. The van der Waals surface area contributed by atoms with Crippen molar-refractivity contribution in [3.05, 3.63) is 59.7 Å². The Kier molecular flexibility index (Phi) is 5.35. The van der Waals surface area contributed by atoms with E-state index in [1.54, 1.807) is 19.2 Å². The Morgan fingerprint density at radius 2 is 1.62 bits per heavy atom. The summed E-state index contributed by atoms with van der Waals surface area (Å²) in [5, 5.41) is 7.39. The Morgan fingerprint density at radius 3 is 2.25 bits per heavy atom. The Labute approximate surface area is 189 Å². The number of aryl methyl sites for hydroxylation is 1. The lowest BCUT2D eigenvalue weighted by Crippen LogP contribution is -2.43. The van der Waals surface area contributed by atoms with Crippen LogP contribution in [-0.2, 0) is 9.63 Å². The second-order valence-corrected chi connectivity index (χ2v) is 9.68. The first kappa shape index (κ1) is 22.1. The minimum absolute atomic E-state index is 0.0218. The van der Waals surface area contributed by atoms with E-state index >= 15 is 0 Å². The second kappa shape index (κ2) is 7.76. The lowest BCUT2D eigenvalue weighted by molar-refractivity contribution is -0.130. The van der Waals surface area contributed by atoms with E-state index in [1.165, 1.54) is 0 Å². The third-order valence-corrected chi connectivity index (χ3v) is 8.04. The minimum atomic E-state index is -0.614. The molecule has 1 N–H and O–H groups in total. The summed E-state index contributed by atoms with van der Waals surface area (Å²) in [5.74, 6) is 0.227. The molecule has 0 radical (unpaired) electrons. The highest BCUT2D eigenvalue weighted by Crippen LogP contribution is 2.71. The van der Waals surface area contributed by atoms with Crippen LogP contribution in [0.1, 0.15) is 56.0 Å². The van der Waals surface area contributed by atoms with Crippen molar-refractivity contribution >= 4 is 23.3 Å². The smallest absolute Gasteiger partial charge is 0.365 e. The number of nitrogens with zero attached hydrogens (tertiary/aromatic N) is 1. The van der Waals surface area contributed by atoms with E-state index in [0.29, 0.717) is 12.0 Å². The fourth-order valence-corrected chi connectivity index (χ4v) is 5.29. The summed E-state index contributed by atoms with van der Waals surface area (Å²) in [6, 6.07) is 14.5. The molecule has 2 fully saturated rings. The van der Waals surface area contributed by atoms with Gasteiger partial charge in [0.2, 0.25) is 5.91 Å². The molecule has 2 aromatic rings. The van der Waals surface area contributed by atoms with E-state index in [1.807, 2.05) is 43.3 Å². The fraction of sp³-hybridized carbons (Fsp3) is 0.423. The zero-order chi connectivity index (χ0) is 23.1. The first-order chi connectivity index (χ1) is 15.1. The predicted molar refractivity (Wildman–Crippen MR) is 124 cm³/mol. The van der Waals surface area contributed by atoms with Gasteiger partial charge in [-0.1, -0.05) is 43.6 Å². The third-order valence-electron chi connectivity index (χ3n) is 8.04. The summed E-state index contributed by atoms with van der Waals surface area (Å²) < 4.78 is 5.20. The molecule has 32 heavy (non-hydrogen) atoms. The SMILES string of the molecule is COc1ccc(NC(=O)C23CCC(C)(/C(=N/OC(=O)c4ccc(C)cc4)C2)C3(C)C)cc1. The van der Waals surface area contributed by atoms with E-state index < -0.39 is 11.4 Å². The largest absolute Gasteiger partial charge is 0.497 e. The Hall–Kier alpha value is -3.15. The number of oxime groups is 1. The number of methoxy groups -OCH3 is 1. The highest BCUT2D eigenvalue weighted by Gasteiger charge is 2.71. The quantitative estimate of drug-likeness (QED) is 0.507. The maximum atomic E-state index is 13.5. The van der Waals surface area contributed by atoms with Gasteiger partial charge < -0.3 is 14.9 Å². The van der Waals surface area contributed by atoms with Crippen LogP contribution in [0, 0.1) is 23.2 Å². The van der Waals surface area contributed by atoms with Crippen LogP contribution in [0.2, 0.25) is 0 Å². The van der Waals surface area contributed by atoms with Crippen LogP contribution >= 0.6 is 0 Å². The molecule has 2 unspecified atom stereocenters. The van der Waals surface area contributed by atoms with E-state index in [2.05, 4.69) is 31.2 Å². The highest BCUT2D eigenvalue weighted by atomic mass is 16.7. The molecule has 2 bridgehead atoms. The molecule has 0 aromatic heterocycles. The maximum Gasteiger partial charge on any atom is 0.365 e. The first-order valence-electron chi connectivity index (χ1n) is 10.9. The van der Waals surface area contributed by atoms with Crippen molar-refractivity contribution in [2.45, 2.75) is 47.0 Å². The van der Waals surface area contributed by atoms with Gasteiger partial charge in [0.1, 0.15) is 5.75 Å². The molecule has 1 amide bonds. The number of carbonyl (C=O) groups is 2. The number of hydrogen-bond acceptors (Lipinski definition) is 5. The second-order valence-electron chi connectivity index (χ2n) is 9.68. The highest BCUT2D eigenvalue weighted by molar-refractivity contribution is 6.06. The lowest BCUT2D eigenvalue weighted by atomic mass is 9.64. The molecule has 6 nitrogen and oxygen atoms in total. The Balaban J connectivity index is 1.56. The van der Waals surface area contributed by atoms with Crippen LogP contribution in [0.15, 0.2) is 53.7 Å². The molecule has 2 aliphatic rings. The van der Waals surface area contributed by atoms with Crippen molar-refractivity contribution in [1.29, 1.82) is 0 Å². The van der Waals surface area contributed by atoms with Gasteiger partial charge in [-0.2, -0.15) is 0 Å². The number of rotatable bonds is 5. The van der Waals surface area contributed by atoms with Gasteiger partial charge in [-0.25, -0.2) is 4.79 Å². The molecule has 0 spiro atoms. The Morgan fingerprint density at radius 1 is 0.969 bits per heavy atom. The zero-order valence-electron chi connectivity index (χ0n) is 19.3. The van der Waals surface area contributed by atoms with Gasteiger partial charge in [0.15, 0.2) is 0 Å². The maximum absolute atomic E-state index is 13.5. The molecule has 0 saturated heterocycles. The van der Waals surface area contributed by atoms with Gasteiger partial charge in [0.25, 0.3) is 0 Å². The molecule has 2 aliphatic carbocycles. The molecule has 168 valence electrons. The van der Waals surface area contributed by atoms with E-state index in [0.717, 1.165) is 35.6 Å². The zero-order valence-corrected chi connectivity index (χ0v) is 19.3. The molecule has 2 atom stereocenters. The Bertz CT molecular complexity index is 1070. The normalized spacial score (nSPS) is 26.7. The summed E-state index contributed by atoms with van der Waals surface area (Å²) in [6.45, 7) is 8.33. The number of nitrogens with one attached hydrogen (secondary N) is 1. The summed E-state index contributed by atoms with van der Waals surface area (Å²) in [4.78, 5) is 31.3. The topological polar surface area (TPSA) is 77.0 Å². The van der Waals surface area contributed by atoms with Crippen molar-refractivity contribution in [2.24, 2.45) is 21.4 Å². The molecule has 2 aromatic carbocycles. The number of benzene rings is 2. The third kappa shape index (κ3) is 3.29. The summed E-state index contributed by atoms with van der Waals surface area (Å²) in [5.41, 5.74) is 1.75. The molecule has 0 heterocycles. The fourth-order valence-electron chi connectivity index (χ4n) is 5.29. The molecular weight excluding hydrogens is 404 g/mol. The van der Waals surface area contributed by atoms with Gasteiger partial charge in [0.05, 0.1) is 23.8 Å². The predicted octanol–water partition coefficient (Wildman–Crippen LogP) is 5.37. The average Bonchev–Trinajstić information content (AvgIpc) is 3.09. The average molecular weight is 435 g/mol. The van der Waals surface area contributed by atoms with Crippen LogP contribution in [-0.4, -0.2) is 24.7 Å². The van der Waals surface area contributed by atoms with Crippen LogP contribution in [0.5, 0.6) is 5.75 Å². The molecule has 0 aliphatic heterocycles. The van der Waals surface area contributed by atoms with Gasteiger partial charge in [-0.3, -0.25) is 4.79 Å². The van der Waals surface area contributed by atoms with Crippen molar-refractivity contribution in [3.63, 3.8) is 0 Å². The summed E-state index contributed by atoms with van der Waals surface area (Å²) >= 11 is 0. The first-order valence-corrected chi connectivity index (χ1v) is 10.9. The van der Waals surface area contributed by atoms with E-state index in [-0.39, 0.29) is 16.7 Å². The van der Waals surface area contributed by atoms with Gasteiger partial charge in [-0.15, -0.1) is 0 Å². The lowest BCUT2D eigenvalue weighted by Gasteiger charge is -2.39. The molecule has 6 heteroatoms. The molecule has 2 saturated carbocycles. The van der Waals surface area contributed by atoms with Crippen molar-refractivity contribution in [2.75, 3.05) is 12.4 Å². The monoisotopic (exact) mass is 434 g/mol. The standard InChI is InChI=1S/C26H30N2O4/c1-17-6-8-18(9-7-17)22(29)32-28-21-16-26(15-14-25(21,4)24(26,2)3)23(30)27-19-10-12-20(31-5)13-11-19/h6-13H,14-16H2,1-5H3,(H,27,30)/b28-21+. The van der Waals surface area contributed by atoms with E-state index in [9.17, 15) is 9.59 Å². The van der Waals surface area contributed by atoms with Gasteiger partial charge in [-0.05, 0) is 61.6 Å². The van der Waals surface area contributed by atoms with Crippen LogP contribution in [0.25, 0.3) is 0 Å². The van der Waals surface area contributed by atoms with Gasteiger partial charge >= 0.3 is 5.97 Å². The number of carbonyl (C=O) groups excluding carboxylic acids is 2. The molecular formula is C26H30N2O4. The number of hydrogen-bond donors (Lipinski definition) is 1. The summed E-state index contributed by atoms with van der Waals surface area (Å²) in [6.07, 6.45) is 2.06. The van der Waals surface area contributed by atoms with Crippen LogP contribution in [0.4, 0.5) is 5.69 Å². The number of fused-ring (bicyclic) bond motifs is 2. The minimum Gasteiger partial charge on any atom is -0.497 e.